The lowest BCUT2D eigenvalue weighted by molar-refractivity contribution is -0.132. The second-order valence-corrected chi connectivity index (χ2v) is 7.00. The van der Waals surface area contributed by atoms with E-state index in [0.29, 0.717) is 18.8 Å². The number of piperazine rings is 1. The number of hydrogen-bond acceptors (Lipinski definition) is 6. The second kappa shape index (κ2) is 9.88. The van der Waals surface area contributed by atoms with Gasteiger partial charge < -0.3 is 19.9 Å². The third-order valence-electron chi connectivity index (χ3n) is 4.80. The van der Waals surface area contributed by atoms with Gasteiger partial charge in [-0.3, -0.25) is 14.5 Å². The molecule has 3 rings (SSSR count). The summed E-state index contributed by atoms with van der Waals surface area (Å²) in [4.78, 5) is 34.9. The van der Waals surface area contributed by atoms with Crippen LogP contribution in [0.1, 0.15) is 0 Å². The number of nitrogens with one attached hydrogen (secondary N) is 1. The molecule has 1 saturated heterocycles. The smallest absolute Gasteiger partial charge is 0.238 e. The zero-order valence-corrected chi connectivity index (χ0v) is 16.9. The molecular formula is C21H27N5O3. The van der Waals surface area contributed by atoms with Crippen LogP contribution < -0.4 is 15.0 Å². The maximum Gasteiger partial charge on any atom is 0.238 e. The van der Waals surface area contributed by atoms with Gasteiger partial charge in [-0.2, -0.15) is 0 Å². The Hall–Kier alpha value is -3.13. The van der Waals surface area contributed by atoms with Gasteiger partial charge in [-0.25, -0.2) is 4.98 Å². The first-order valence-electron chi connectivity index (χ1n) is 9.61. The SMILES string of the molecule is COc1ccc(NC(=O)CN(C)CC(=O)N2CCN(c3ccccn3)CC2)cc1. The van der Waals surface area contributed by atoms with Crippen LogP contribution in [0, 0.1) is 0 Å². The molecule has 2 aromatic rings. The fourth-order valence-corrected chi connectivity index (χ4v) is 3.23. The van der Waals surface area contributed by atoms with E-state index in [4.69, 9.17) is 4.74 Å². The second-order valence-electron chi connectivity index (χ2n) is 7.00. The Morgan fingerprint density at radius 3 is 2.41 bits per heavy atom. The molecule has 2 amide bonds. The first kappa shape index (κ1) is 20.6. The molecule has 0 aliphatic carbocycles. The molecule has 8 heteroatoms. The molecule has 1 N–H and O–H groups in total. The molecular weight excluding hydrogens is 370 g/mol. The Labute approximate surface area is 171 Å². The van der Waals surface area contributed by atoms with Gasteiger partial charge in [-0.15, -0.1) is 0 Å². The van der Waals surface area contributed by atoms with Crippen LogP contribution >= 0.6 is 0 Å². The third kappa shape index (κ3) is 5.92. The van der Waals surface area contributed by atoms with Gasteiger partial charge in [0, 0.05) is 38.1 Å². The van der Waals surface area contributed by atoms with E-state index in [-0.39, 0.29) is 24.9 Å². The van der Waals surface area contributed by atoms with Crippen molar-refractivity contribution in [3.63, 3.8) is 0 Å². The minimum Gasteiger partial charge on any atom is -0.497 e. The zero-order valence-electron chi connectivity index (χ0n) is 16.9. The fraction of sp³-hybridized carbons (Fsp3) is 0.381. The van der Waals surface area contributed by atoms with Crippen LogP contribution in [0.3, 0.4) is 0 Å². The molecule has 0 radical (unpaired) electrons. The summed E-state index contributed by atoms with van der Waals surface area (Å²) in [6.07, 6.45) is 1.78. The standard InChI is InChI=1S/C21H27N5O3/c1-24(15-20(27)23-17-6-8-18(29-2)9-7-17)16-21(28)26-13-11-25(12-14-26)19-5-3-4-10-22-19/h3-10H,11-16H2,1-2H3,(H,23,27). The number of likely N-dealkylation sites (N-methyl/N-ethyl adjacent to an activating group) is 1. The van der Waals surface area contributed by atoms with Crippen molar-refractivity contribution < 1.29 is 14.3 Å². The minimum atomic E-state index is -0.162. The van der Waals surface area contributed by atoms with Crippen molar-refractivity contribution in [2.24, 2.45) is 0 Å². The summed E-state index contributed by atoms with van der Waals surface area (Å²) in [5.74, 6) is 1.54. The van der Waals surface area contributed by atoms with Gasteiger partial charge >= 0.3 is 0 Å². The molecule has 0 atom stereocenters. The predicted molar refractivity (Wildman–Crippen MR) is 112 cm³/mol. The normalized spacial score (nSPS) is 14.0. The van der Waals surface area contributed by atoms with E-state index in [1.54, 1.807) is 49.5 Å². The minimum absolute atomic E-state index is 0.0328. The van der Waals surface area contributed by atoms with Crippen molar-refractivity contribution in [1.29, 1.82) is 0 Å². The summed E-state index contributed by atoms with van der Waals surface area (Å²) in [5.41, 5.74) is 0.696. The highest BCUT2D eigenvalue weighted by atomic mass is 16.5. The lowest BCUT2D eigenvalue weighted by Gasteiger charge is -2.36. The number of amides is 2. The van der Waals surface area contributed by atoms with E-state index >= 15 is 0 Å². The molecule has 0 spiro atoms. The molecule has 0 bridgehead atoms. The maximum atomic E-state index is 12.6. The molecule has 1 fully saturated rings. The average molecular weight is 397 g/mol. The number of benzene rings is 1. The van der Waals surface area contributed by atoms with Gasteiger partial charge in [0.2, 0.25) is 11.8 Å². The Morgan fingerprint density at radius 2 is 1.79 bits per heavy atom. The van der Waals surface area contributed by atoms with Crippen molar-refractivity contribution in [1.82, 2.24) is 14.8 Å². The van der Waals surface area contributed by atoms with Crippen LogP contribution in [0.5, 0.6) is 5.75 Å². The van der Waals surface area contributed by atoms with Gasteiger partial charge in [0.05, 0.1) is 20.2 Å². The monoisotopic (exact) mass is 397 g/mol. The van der Waals surface area contributed by atoms with E-state index in [1.807, 2.05) is 23.1 Å². The van der Waals surface area contributed by atoms with E-state index in [9.17, 15) is 9.59 Å². The Morgan fingerprint density at radius 1 is 1.07 bits per heavy atom. The van der Waals surface area contributed by atoms with Crippen molar-refractivity contribution in [2.45, 2.75) is 0 Å². The van der Waals surface area contributed by atoms with Crippen LogP contribution in [-0.4, -0.2) is 80.0 Å². The fourth-order valence-electron chi connectivity index (χ4n) is 3.23. The number of aromatic nitrogens is 1. The molecule has 1 aliphatic heterocycles. The summed E-state index contributed by atoms with van der Waals surface area (Å²) >= 11 is 0. The number of rotatable bonds is 7. The first-order valence-corrected chi connectivity index (χ1v) is 9.61. The van der Waals surface area contributed by atoms with Crippen LogP contribution in [-0.2, 0) is 9.59 Å². The maximum absolute atomic E-state index is 12.6. The van der Waals surface area contributed by atoms with Gasteiger partial charge in [-0.05, 0) is 43.4 Å². The van der Waals surface area contributed by atoms with Crippen molar-refractivity contribution in [2.75, 3.05) is 63.6 Å². The van der Waals surface area contributed by atoms with Crippen molar-refractivity contribution in [3.8, 4) is 5.75 Å². The predicted octanol–water partition coefficient (Wildman–Crippen LogP) is 1.31. The van der Waals surface area contributed by atoms with Crippen molar-refractivity contribution >= 4 is 23.3 Å². The van der Waals surface area contributed by atoms with Crippen molar-refractivity contribution in [3.05, 3.63) is 48.7 Å². The largest absolute Gasteiger partial charge is 0.497 e. The quantitative estimate of drug-likeness (QED) is 0.759. The Balaban J connectivity index is 1.41. The van der Waals surface area contributed by atoms with Gasteiger partial charge in [0.25, 0.3) is 0 Å². The summed E-state index contributed by atoms with van der Waals surface area (Å²) in [6, 6.07) is 13.0. The highest BCUT2D eigenvalue weighted by Crippen LogP contribution is 2.15. The zero-order chi connectivity index (χ0) is 20.6. The number of methoxy groups -OCH3 is 1. The average Bonchev–Trinajstić information content (AvgIpc) is 2.74. The number of anilines is 2. The number of hydrogen-bond donors (Lipinski definition) is 1. The molecule has 0 saturated carbocycles. The Kier molecular flexibility index (Phi) is 7.02. The molecule has 29 heavy (non-hydrogen) atoms. The number of nitrogens with zero attached hydrogens (tertiary/aromatic N) is 4. The van der Waals surface area contributed by atoms with E-state index in [0.717, 1.165) is 24.7 Å². The highest BCUT2D eigenvalue weighted by molar-refractivity contribution is 5.92. The topological polar surface area (TPSA) is 78.0 Å². The number of carbonyl (C=O) groups excluding carboxylic acids is 2. The van der Waals surface area contributed by atoms with E-state index < -0.39 is 0 Å². The summed E-state index contributed by atoms with van der Waals surface area (Å²) < 4.78 is 5.10. The van der Waals surface area contributed by atoms with Crippen LogP contribution in [0.2, 0.25) is 0 Å². The lowest BCUT2D eigenvalue weighted by Crippen LogP contribution is -2.51. The lowest BCUT2D eigenvalue weighted by atomic mass is 10.3. The van der Waals surface area contributed by atoms with E-state index in [2.05, 4.69) is 15.2 Å². The molecule has 1 aliphatic rings. The summed E-state index contributed by atoms with van der Waals surface area (Å²) in [7, 11) is 3.37. The number of ether oxygens (including phenoxy) is 1. The number of carbonyl (C=O) groups is 2. The summed E-state index contributed by atoms with van der Waals surface area (Å²) in [6.45, 7) is 3.17. The molecule has 1 aromatic heterocycles. The molecule has 1 aromatic carbocycles. The molecule has 2 heterocycles. The van der Waals surface area contributed by atoms with Gasteiger partial charge in [-0.1, -0.05) is 6.07 Å². The van der Waals surface area contributed by atoms with E-state index in [1.165, 1.54) is 0 Å². The van der Waals surface area contributed by atoms with Crippen LogP contribution in [0.15, 0.2) is 48.7 Å². The first-order chi connectivity index (χ1) is 14.0. The number of pyridine rings is 1. The highest BCUT2D eigenvalue weighted by Gasteiger charge is 2.23. The molecule has 0 unspecified atom stereocenters. The Bertz CT molecular complexity index is 805. The van der Waals surface area contributed by atoms with Crippen LogP contribution in [0.4, 0.5) is 11.5 Å². The summed E-state index contributed by atoms with van der Waals surface area (Å²) in [5, 5.41) is 2.83. The molecule has 8 nitrogen and oxygen atoms in total. The third-order valence-corrected chi connectivity index (χ3v) is 4.80. The van der Waals surface area contributed by atoms with Crippen LogP contribution in [0.25, 0.3) is 0 Å². The van der Waals surface area contributed by atoms with Gasteiger partial charge in [0.15, 0.2) is 0 Å². The molecule has 154 valence electrons. The van der Waals surface area contributed by atoms with Gasteiger partial charge in [0.1, 0.15) is 11.6 Å².